The Morgan fingerprint density at radius 2 is 1.67 bits per heavy atom. The zero-order valence-electron chi connectivity index (χ0n) is 13.6. The molecule has 0 aliphatic carbocycles. The van der Waals surface area contributed by atoms with Crippen molar-refractivity contribution in [2.24, 2.45) is 0 Å². The average Bonchev–Trinajstić information content (AvgIpc) is 2.60. The van der Waals surface area contributed by atoms with Gasteiger partial charge in [-0.2, -0.15) is 0 Å². The number of benzene rings is 2. The summed E-state index contributed by atoms with van der Waals surface area (Å²) in [6.45, 7) is 5.41. The molecular weight excluding hydrogens is 320 g/mol. The van der Waals surface area contributed by atoms with Gasteiger partial charge in [-0.1, -0.05) is 54.7 Å². The number of carbonyl (C=O) groups excluding carboxylic acids is 1. The molecule has 124 valence electrons. The van der Waals surface area contributed by atoms with Gasteiger partial charge in [0.25, 0.3) is 0 Å². The summed E-state index contributed by atoms with van der Waals surface area (Å²) in [6.07, 6.45) is 1.06. The molecule has 0 radical (unpaired) electrons. The quantitative estimate of drug-likeness (QED) is 0.652. The van der Waals surface area contributed by atoms with Crippen LogP contribution < -0.4 is 0 Å². The maximum atomic E-state index is 12.4. The zero-order chi connectivity index (χ0) is 17.2. The van der Waals surface area contributed by atoms with Crippen LogP contribution in [0.25, 0.3) is 0 Å². The maximum Gasteiger partial charge on any atom is 0.334 e. The van der Waals surface area contributed by atoms with Crippen LogP contribution in [0.15, 0.2) is 70.5 Å². The Bertz CT molecular complexity index is 736. The van der Waals surface area contributed by atoms with Crippen LogP contribution in [-0.4, -0.2) is 17.7 Å². The molecule has 0 spiro atoms. The van der Waals surface area contributed by atoms with Gasteiger partial charge in [-0.15, -0.1) is 0 Å². The number of hydrogen-bond donors (Lipinski definition) is 1. The molecule has 24 heavy (non-hydrogen) atoms. The van der Waals surface area contributed by atoms with Gasteiger partial charge >= 0.3 is 5.97 Å². The highest BCUT2D eigenvalue weighted by Gasteiger charge is 2.44. The summed E-state index contributed by atoms with van der Waals surface area (Å²) in [5.74, 6) is -0.413. The Kier molecular flexibility index (Phi) is 4.78. The van der Waals surface area contributed by atoms with Crippen LogP contribution in [0, 0.1) is 0 Å². The molecular formula is C20H20O3S. The van der Waals surface area contributed by atoms with Crippen molar-refractivity contribution < 1.29 is 14.6 Å². The molecule has 0 aromatic heterocycles. The van der Waals surface area contributed by atoms with E-state index in [1.165, 1.54) is 0 Å². The lowest BCUT2D eigenvalue weighted by Crippen LogP contribution is -2.37. The van der Waals surface area contributed by atoms with Gasteiger partial charge in [0.15, 0.2) is 5.60 Å². The second-order valence-corrected chi connectivity index (χ2v) is 7.00. The second kappa shape index (κ2) is 6.83. The minimum absolute atomic E-state index is 0.0455. The van der Waals surface area contributed by atoms with Gasteiger partial charge in [0.2, 0.25) is 0 Å². The van der Waals surface area contributed by atoms with Gasteiger partial charge < -0.3 is 9.84 Å². The fourth-order valence-corrected chi connectivity index (χ4v) is 4.26. The van der Waals surface area contributed by atoms with Crippen molar-refractivity contribution in [1.29, 1.82) is 0 Å². The standard InChI is InChI=1S/C20H20O3S/c1-14(2)19(22)23-20(12-7-13-21)15-8-3-5-10-17(15)24-18-11-6-4-9-16(18)20/h3-6,8-11,21H,1,7,12-13H2,2H3. The van der Waals surface area contributed by atoms with E-state index in [0.29, 0.717) is 18.4 Å². The van der Waals surface area contributed by atoms with Gasteiger partial charge in [0.05, 0.1) is 0 Å². The molecule has 3 nitrogen and oxygen atoms in total. The van der Waals surface area contributed by atoms with Crippen LogP contribution in [-0.2, 0) is 15.1 Å². The lowest BCUT2D eigenvalue weighted by atomic mass is 9.81. The van der Waals surface area contributed by atoms with Gasteiger partial charge in [0.1, 0.15) is 0 Å². The zero-order valence-corrected chi connectivity index (χ0v) is 14.4. The number of ether oxygens (including phenoxy) is 1. The molecule has 3 rings (SSSR count). The second-order valence-electron chi connectivity index (χ2n) is 5.92. The van der Waals surface area contributed by atoms with Crippen LogP contribution in [0.4, 0.5) is 0 Å². The topological polar surface area (TPSA) is 46.5 Å². The molecule has 0 fully saturated rings. The van der Waals surface area contributed by atoms with Crippen molar-refractivity contribution in [3.63, 3.8) is 0 Å². The highest BCUT2D eigenvalue weighted by atomic mass is 32.2. The first kappa shape index (κ1) is 16.8. The van der Waals surface area contributed by atoms with E-state index in [1.54, 1.807) is 18.7 Å². The number of aliphatic hydroxyl groups is 1. The van der Waals surface area contributed by atoms with E-state index in [9.17, 15) is 9.90 Å². The third-order valence-electron chi connectivity index (χ3n) is 4.17. The average molecular weight is 340 g/mol. The molecule has 1 aliphatic heterocycles. The summed E-state index contributed by atoms with van der Waals surface area (Å²) in [6, 6.07) is 16.0. The first-order valence-electron chi connectivity index (χ1n) is 7.95. The molecule has 0 bridgehead atoms. The molecule has 1 heterocycles. The molecule has 0 saturated heterocycles. The van der Waals surface area contributed by atoms with Crippen molar-refractivity contribution in [2.45, 2.75) is 35.2 Å². The lowest BCUT2D eigenvalue weighted by Gasteiger charge is -2.40. The Morgan fingerprint density at radius 3 is 2.17 bits per heavy atom. The van der Waals surface area contributed by atoms with Gasteiger partial charge in [-0.3, -0.25) is 0 Å². The molecule has 2 aromatic rings. The van der Waals surface area contributed by atoms with E-state index in [-0.39, 0.29) is 6.61 Å². The van der Waals surface area contributed by atoms with E-state index in [4.69, 9.17) is 4.74 Å². The maximum absolute atomic E-state index is 12.4. The van der Waals surface area contributed by atoms with Crippen molar-refractivity contribution in [2.75, 3.05) is 6.61 Å². The molecule has 1 aliphatic rings. The van der Waals surface area contributed by atoms with E-state index in [1.807, 2.05) is 48.5 Å². The van der Waals surface area contributed by atoms with Gasteiger partial charge in [0, 0.05) is 33.1 Å². The summed E-state index contributed by atoms with van der Waals surface area (Å²) in [5, 5.41) is 9.39. The van der Waals surface area contributed by atoms with E-state index in [0.717, 1.165) is 20.9 Å². The lowest BCUT2D eigenvalue weighted by molar-refractivity contribution is -0.153. The first-order chi connectivity index (χ1) is 11.6. The Hall–Kier alpha value is -2.04. The summed E-state index contributed by atoms with van der Waals surface area (Å²) >= 11 is 1.68. The number of hydrogen-bond acceptors (Lipinski definition) is 4. The predicted octanol–water partition coefficient (Wildman–Crippen LogP) is 4.29. The minimum atomic E-state index is -0.892. The third kappa shape index (κ3) is 2.87. The predicted molar refractivity (Wildman–Crippen MR) is 95.0 cm³/mol. The molecule has 0 amide bonds. The molecule has 0 atom stereocenters. The number of aliphatic hydroxyl groups excluding tert-OH is 1. The molecule has 4 heteroatoms. The van der Waals surface area contributed by atoms with E-state index < -0.39 is 11.6 Å². The summed E-state index contributed by atoms with van der Waals surface area (Å²) in [7, 11) is 0. The summed E-state index contributed by atoms with van der Waals surface area (Å²) in [5.41, 5.74) is 1.41. The van der Waals surface area contributed by atoms with Crippen LogP contribution in [0.3, 0.4) is 0 Å². The fraction of sp³-hybridized carbons (Fsp3) is 0.250. The molecule has 2 aromatic carbocycles. The van der Waals surface area contributed by atoms with Crippen molar-refractivity contribution in [1.82, 2.24) is 0 Å². The van der Waals surface area contributed by atoms with Crippen LogP contribution in [0.5, 0.6) is 0 Å². The van der Waals surface area contributed by atoms with Crippen molar-refractivity contribution >= 4 is 17.7 Å². The summed E-state index contributed by atoms with van der Waals surface area (Å²) in [4.78, 5) is 14.6. The normalized spacial score (nSPS) is 14.4. The molecule has 0 saturated carbocycles. The van der Waals surface area contributed by atoms with Crippen LogP contribution in [0.2, 0.25) is 0 Å². The number of esters is 1. The third-order valence-corrected chi connectivity index (χ3v) is 5.32. The highest BCUT2D eigenvalue weighted by molar-refractivity contribution is 7.99. The van der Waals surface area contributed by atoms with Crippen molar-refractivity contribution in [3.8, 4) is 0 Å². The number of fused-ring (bicyclic) bond motifs is 2. The first-order valence-corrected chi connectivity index (χ1v) is 8.77. The smallest absolute Gasteiger partial charge is 0.334 e. The number of rotatable bonds is 5. The van der Waals surface area contributed by atoms with Gasteiger partial charge in [-0.25, -0.2) is 4.79 Å². The largest absolute Gasteiger partial charge is 0.446 e. The highest BCUT2D eigenvalue weighted by Crippen LogP contribution is 2.52. The SMILES string of the molecule is C=C(C)C(=O)OC1(CCCO)c2ccccc2Sc2ccccc21. The minimum Gasteiger partial charge on any atom is -0.446 e. The Balaban J connectivity index is 2.21. The number of carbonyl (C=O) groups is 1. The summed E-state index contributed by atoms with van der Waals surface area (Å²) < 4.78 is 6.03. The van der Waals surface area contributed by atoms with Crippen LogP contribution >= 0.6 is 11.8 Å². The Labute approximate surface area is 146 Å². The van der Waals surface area contributed by atoms with Crippen molar-refractivity contribution in [3.05, 3.63) is 71.8 Å². The molecule has 0 unspecified atom stereocenters. The van der Waals surface area contributed by atoms with E-state index in [2.05, 4.69) is 6.58 Å². The van der Waals surface area contributed by atoms with E-state index >= 15 is 0 Å². The fourth-order valence-electron chi connectivity index (χ4n) is 3.05. The van der Waals surface area contributed by atoms with Crippen LogP contribution in [0.1, 0.15) is 30.9 Å². The van der Waals surface area contributed by atoms with Gasteiger partial charge in [-0.05, 0) is 31.9 Å². The molecule has 1 N–H and O–H groups in total. The monoisotopic (exact) mass is 340 g/mol. The Morgan fingerprint density at radius 1 is 1.12 bits per heavy atom.